The van der Waals surface area contributed by atoms with Gasteiger partial charge in [0.1, 0.15) is 5.82 Å². The Hall–Kier alpha value is -0.540. The molecule has 1 aromatic carbocycles. The first-order valence-corrected chi connectivity index (χ1v) is 6.43. The van der Waals surface area contributed by atoms with Crippen LogP contribution in [0.15, 0.2) is 24.3 Å². The Bertz CT molecular complexity index is 312. The molecule has 0 bridgehead atoms. The van der Waals surface area contributed by atoms with Gasteiger partial charge in [0, 0.05) is 11.3 Å². The molecule has 1 nitrogen and oxygen atoms in total. The minimum atomic E-state index is -0.160. The second kappa shape index (κ2) is 4.99. The third kappa shape index (κ3) is 2.73. The van der Waals surface area contributed by atoms with Crippen molar-refractivity contribution in [2.45, 2.75) is 24.6 Å². The van der Waals surface area contributed by atoms with Gasteiger partial charge in [0.2, 0.25) is 0 Å². The zero-order chi connectivity index (χ0) is 10.7. The number of thioether (sulfide) groups is 1. The van der Waals surface area contributed by atoms with Crippen molar-refractivity contribution in [3.63, 3.8) is 0 Å². The lowest BCUT2D eigenvalue weighted by Crippen LogP contribution is -2.27. The SMILES string of the molecule is CC1SCCCNC1c1ccc(F)cc1. The van der Waals surface area contributed by atoms with Gasteiger partial charge >= 0.3 is 0 Å². The average Bonchev–Trinajstić information content (AvgIpc) is 2.44. The molecule has 82 valence electrons. The normalized spacial score (nSPS) is 27.3. The summed E-state index contributed by atoms with van der Waals surface area (Å²) < 4.78 is 12.8. The first-order valence-electron chi connectivity index (χ1n) is 5.38. The van der Waals surface area contributed by atoms with Crippen LogP contribution in [-0.2, 0) is 0 Å². The maximum Gasteiger partial charge on any atom is 0.123 e. The Kier molecular flexibility index (Phi) is 3.65. The van der Waals surface area contributed by atoms with Gasteiger partial charge in [-0.25, -0.2) is 4.39 Å². The summed E-state index contributed by atoms with van der Waals surface area (Å²) in [6.07, 6.45) is 1.21. The van der Waals surface area contributed by atoms with Gasteiger partial charge in [-0.2, -0.15) is 11.8 Å². The van der Waals surface area contributed by atoms with Crippen molar-refractivity contribution < 1.29 is 4.39 Å². The Balaban J connectivity index is 2.16. The lowest BCUT2D eigenvalue weighted by molar-refractivity contribution is 0.538. The van der Waals surface area contributed by atoms with Crippen molar-refractivity contribution in [1.29, 1.82) is 0 Å². The monoisotopic (exact) mass is 225 g/mol. The van der Waals surface area contributed by atoms with Crippen LogP contribution in [-0.4, -0.2) is 17.5 Å². The molecule has 1 heterocycles. The molecule has 1 fully saturated rings. The maximum atomic E-state index is 12.8. The van der Waals surface area contributed by atoms with Crippen LogP contribution >= 0.6 is 11.8 Å². The molecular weight excluding hydrogens is 209 g/mol. The van der Waals surface area contributed by atoms with E-state index in [0.29, 0.717) is 11.3 Å². The average molecular weight is 225 g/mol. The molecule has 0 saturated carbocycles. The number of nitrogens with one attached hydrogen (secondary N) is 1. The quantitative estimate of drug-likeness (QED) is 0.788. The molecule has 0 aromatic heterocycles. The molecular formula is C12H16FNS. The van der Waals surface area contributed by atoms with Crippen LogP contribution in [0, 0.1) is 5.82 Å². The molecule has 1 saturated heterocycles. The number of hydrogen-bond donors (Lipinski definition) is 1. The maximum absolute atomic E-state index is 12.8. The van der Waals surface area contributed by atoms with E-state index in [9.17, 15) is 4.39 Å². The van der Waals surface area contributed by atoms with Gasteiger partial charge in [-0.15, -0.1) is 0 Å². The molecule has 1 aliphatic heterocycles. The lowest BCUT2D eigenvalue weighted by Gasteiger charge is -2.22. The van der Waals surface area contributed by atoms with E-state index in [1.165, 1.54) is 17.7 Å². The molecule has 0 amide bonds. The van der Waals surface area contributed by atoms with E-state index in [-0.39, 0.29) is 5.82 Å². The molecule has 0 aliphatic carbocycles. The molecule has 2 unspecified atom stereocenters. The molecule has 1 aromatic rings. The zero-order valence-corrected chi connectivity index (χ0v) is 9.69. The summed E-state index contributed by atoms with van der Waals surface area (Å²) in [4.78, 5) is 0. The predicted octanol–water partition coefficient (Wildman–Crippen LogP) is 2.98. The highest BCUT2D eigenvalue weighted by Crippen LogP contribution is 2.29. The summed E-state index contributed by atoms with van der Waals surface area (Å²) in [7, 11) is 0. The fraction of sp³-hybridized carbons (Fsp3) is 0.500. The molecule has 1 N–H and O–H groups in total. The van der Waals surface area contributed by atoms with Crippen LogP contribution in [0.25, 0.3) is 0 Å². The Labute approximate surface area is 94.5 Å². The Morgan fingerprint density at radius 3 is 2.80 bits per heavy atom. The topological polar surface area (TPSA) is 12.0 Å². The molecule has 2 rings (SSSR count). The fourth-order valence-corrected chi connectivity index (χ4v) is 3.05. The first-order chi connectivity index (χ1) is 7.27. The largest absolute Gasteiger partial charge is 0.309 e. The standard InChI is InChI=1S/C12H16FNS/c1-9-12(14-7-2-8-15-9)10-3-5-11(13)6-4-10/h3-6,9,12,14H,2,7-8H2,1H3. The van der Waals surface area contributed by atoms with E-state index in [0.717, 1.165) is 6.54 Å². The molecule has 0 radical (unpaired) electrons. The van der Waals surface area contributed by atoms with Crippen LogP contribution < -0.4 is 5.32 Å². The van der Waals surface area contributed by atoms with Crippen LogP contribution in [0.1, 0.15) is 24.9 Å². The molecule has 0 spiro atoms. The molecule has 2 atom stereocenters. The van der Waals surface area contributed by atoms with E-state index in [1.54, 1.807) is 12.1 Å². The number of rotatable bonds is 1. The van der Waals surface area contributed by atoms with Crippen molar-refractivity contribution in [1.82, 2.24) is 5.32 Å². The van der Waals surface area contributed by atoms with Crippen LogP contribution in [0.5, 0.6) is 0 Å². The van der Waals surface area contributed by atoms with Crippen molar-refractivity contribution in [2.24, 2.45) is 0 Å². The third-order valence-corrected chi connectivity index (χ3v) is 4.09. The number of hydrogen-bond acceptors (Lipinski definition) is 2. The molecule has 15 heavy (non-hydrogen) atoms. The Morgan fingerprint density at radius 2 is 2.07 bits per heavy atom. The van der Waals surface area contributed by atoms with E-state index < -0.39 is 0 Å². The minimum Gasteiger partial charge on any atom is -0.309 e. The zero-order valence-electron chi connectivity index (χ0n) is 8.87. The smallest absolute Gasteiger partial charge is 0.123 e. The molecule has 1 aliphatic rings. The predicted molar refractivity (Wildman–Crippen MR) is 63.7 cm³/mol. The summed E-state index contributed by atoms with van der Waals surface area (Å²) in [5.74, 6) is 1.05. The van der Waals surface area contributed by atoms with E-state index in [1.807, 2.05) is 23.9 Å². The minimum absolute atomic E-state index is 0.160. The second-order valence-electron chi connectivity index (χ2n) is 3.91. The van der Waals surface area contributed by atoms with E-state index in [2.05, 4.69) is 12.2 Å². The van der Waals surface area contributed by atoms with Crippen molar-refractivity contribution in [3.05, 3.63) is 35.6 Å². The number of benzene rings is 1. The van der Waals surface area contributed by atoms with Gasteiger partial charge in [0.25, 0.3) is 0 Å². The van der Waals surface area contributed by atoms with E-state index in [4.69, 9.17) is 0 Å². The summed E-state index contributed by atoms with van der Waals surface area (Å²) in [6.45, 7) is 3.29. The van der Waals surface area contributed by atoms with Gasteiger partial charge in [0.15, 0.2) is 0 Å². The Morgan fingerprint density at radius 1 is 1.33 bits per heavy atom. The summed E-state index contributed by atoms with van der Waals surface area (Å²) in [6, 6.07) is 7.21. The highest BCUT2D eigenvalue weighted by molar-refractivity contribution is 7.99. The highest BCUT2D eigenvalue weighted by atomic mass is 32.2. The van der Waals surface area contributed by atoms with Crippen LogP contribution in [0.3, 0.4) is 0 Å². The fourth-order valence-electron chi connectivity index (χ4n) is 1.92. The van der Waals surface area contributed by atoms with Gasteiger partial charge in [-0.05, 0) is 36.4 Å². The van der Waals surface area contributed by atoms with Crippen molar-refractivity contribution >= 4 is 11.8 Å². The van der Waals surface area contributed by atoms with Crippen molar-refractivity contribution in [3.8, 4) is 0 Å². The van der Waals surface area contributed by atoms with Crippen LogP contribution in [0.2, 0.25) is 0 Å². The second-order valence-corrected chi connectivity index (χ2v) is 5.40. The van der Waals surface area contributed by atoms with Crippen molar-refractivity contribution in [2.75, 3.05) is 12.3 Å². The van der Waals surface area contributed by atoms with Crippen LogP contribution in [0.4, 0.5) is 4.39 Å². The first kappa shape index (κ1) is 11.0. The third-order valence-electron chi connectivity index (χ3n) is 2.76. The number of halogens is 1. The van der Waals surface area contributed by atoms with Gasteiger partial charge in [-0.3, -0.25) is 0 Å². The van der Waals surface area contributed by atoms with E-state index >= 15 is 0 Å². The highest BCUT2D eigenvalue weighted by Gasteiger charge is 2.21. The summed E-state index contributed by atoms with van der Waals surface area (Å²) in [5.41, 5.74) is 1.19. The van der Waals surface area contributed by atoms with Gasteiger partial charge in [0.05, 0.1) is 0 Å². The van der Waals surface area contributed by atoms with Gasteiger partial charge < -0.3 is 5.32 Å². The summed E-state index contributed by atoms with van der Waals surface area (Å²) in [5, 5.41) is 4.08. The van der Waals surface area contributed by atoms with Gasteiger partial charge in [-0.1, -0.05) is 19.1 Å². The lowest BCUT2D eigenvalue weighted by atomic mass is 10.0. The summed E-state index contributed by atoms with van der Waals surface area (Å²) >= 11 is 1.99. The molecule has 3 heteroatoms.